The van der Waals surface area contributed by atoms with Gasteiger partial charge in [0.1, 0.15) is 0 Å². The first-order chi connectivity index (χ1) is 12.2. The lowest BCUT2D eigenvalue weighted by atomic mass is 9.85. The van der Waals surface area contributed by atoms with E-state index in [4.69, 9.17) is 4.99 Å². The standard InChI is InChI=1S/C19H33N5O.HI/c1-3-20-19(21-12-18(25)15-7-5-4-6-8-15)24-10-9-16(14-24)17-11-22-23(2)13-17;/h11,13,15-16,18,25H,3-10,12,14H2,1-2H3,(H,20,21);1H. The normalized spacial score (nSPS) is 23.0. The minimum atomic E-state index is -0.300. The maximum atomic E-state index is 10.5. The molecule has 7 heteroatoms. The van der Waals surface area contributed by atoms with Gasteiger partial charge in [-0.25, -0.2) is 0 Å². The van der Waals surface area contributed by atoms with Crippen LogP contribution in [0.25, 0.3) is 0 Å². The zero-order chi connectivity index (χ0) is 17.6. The number of hydrogen-bond acceptors (Lipinski definition) is 3. The summed E-state index contributed by atoms with van der Waals surface area (Å²) >= 11 is 0. The molecule has 1 saturated heterocycles. The molecule has 6 nitrogen and oxygen atoms in total. The molecule has 1 aromatic heterocycles. The SMILES string of the molecule is CCNC(=NCC(O)C1CCCCC1)N1CCC(c2cnn(C)c2)C1.I. The number of aliphatic hydroxyl groups is 1. The number of aromatic nitrogens is 2. The molecule has 1 aromatic rings. The fraction of sp³-hybridized carbons (Fsp3) is 0.789. The predicted octanol–water partition coefficient (Wildman–Crippen LogP) is 2.73. The number of aliphatic imine (C=N–C) groups is 1. The van der Waals surface area contributed by atoms with E-state index in [-0.39, 0.29) is 30.1 Å². The first kappa shape index (κ1) is 21.5. The molecule has 1 aliphatic heterocycles. The van der Waals surface area contributed by atoms with Crippen molar-refractivity contribution in [2.45, 2.75) is 57.5 Å². The van der Waals surface area contributed by atoms with Gasteiger partial charge in [0.15, 0.2) is 5.96 Å². The average Bonchev–Trinajstić information content (AvgIpc) is 3.28. The summed E-state index contributed by atoms with van der Waals surface area (Å²) in [4.78, 5) is 7.09. The molecule has 2 fully saturated rings. The van der Waals surface area contributed by atoms with Crippen LogP contribution in [0, 0.1) is 5.92 Å². The van der Waals surface area contributed by atoms with Gasteiger partial charge in [-0.3, -0.25) is 9.67 Å². The van der Waals surface area contributed by atoms with Crippen molar-refractivity contribution in [2.24, 2.45) is 18.0 Å². The number of halogens is 1. The number of aliphatic hydroxyl groups excluding tert-OH is 1. The van der Waals surface area contributed by atoms with Crippen LogP contribution in [-0.4, -0.2) is 58.0 Å². The van der Waals surface area contributed by atoms with Gasteiger partial charge in [-0.1, -0.05) is 19.3 Å². The van der Waals surface area contributed by atoms with E-state index >= 15 is 0 Å². The van der Waals surface area contributed by atoms with Crippen LogP contribution in [0.1, 0.15) is 56.9 Å². The molecule has 0 radical (unpaired) electrons. The molecule has 3 rings (SSSR count). The third kappa shape index (κ3) is 5.58. The maximum Gasteiger partial charge on any atom is 0.194 e. The van der Waals surface area contributed by atoms with E-state index < -0.39 is 0 Å². The Morgan fingerprint density at radius 2 is 2.12 bits per heavy atom. The lowest BCUT2D eigenvalue weighted by Gasteiger charge is -2.27. The molecule has 0 spiro atoms. The molecule has 0 bridgehead atoms. The number of rotatable bonds is 5. The zero-order valence-corrected chi connectivity index (χ0v) is 18.4. The summed E-state index contributed by atoms with van der Waals surface area (Å²) < 4.78 is 1.87. The van der Waals surface area contributed by atoms with Crippen molar-refractivity contribution in [1.29, 1.82) is 0 Å². The van der Waals surface area contributed by atoms with Crippen LogP contribution in [0.3, 0.4) is 0 Å². The van der Waals surface area contributed by atoms with Gasteiger partial charge in [-0.05, 0) is 37.7 Å². The lowest BCUT2D eigenvalue weighted by molar-refractivity contribution is 0.0921. The van der Waals surface area contributed by atoms with Gasteiger partial charge >= 0.3 is 0 Å². The summed E-state index contributed by atoms with van der Waals surface area (Å²) in [7, 11) is 1.97. The molecule has 0 amide bonds. The molecular weight excluding hydrogens is 441 g/mol. The van der Waals surface area contributed by atoms with Gasteiger partial charge in [0.05, 0.1) is 18.8 Å². The summed E-state index contributed by atoms with van der Waals surface area (Å²) in [5, 5.41) is 18.2. The molecule has 2 atom stereocenters. The van der Waals surface area contributed by atoms with Crippen LogP contribution in [0.5, 0.6) is 0 Å². The van der Waals surface area contributed by atoms with Gasteiger partial charge in [0.2, 0.25) is 0 Å². The monoisotopic (exact) mass is 475 g/mol. The first-order valence-electron chi connectivity index (χ1n) is 9.87. The highest BCUT2D eigenvalue weighted by Gasteiger charge is 2.27. The molecule has 26 heavy (non-hydrogen) atoms. The highest BCUT2D eigenvalue weighted by atomic mass is 127. The van der Waals surface area contributed by atoms with Crippen molar-refractivity contribution >= 4 is 29.9 Å². The second-order valence-corrected chi connectivity index (χ2v) is 7.54. The third-order valence-corrected chi connectivity index (χ3v) is 5.64. The molecule has 1 aliphatic carbocycles. The smallest absolute Gasteiger partial charge is 0.194 e. The Hall–Kier alpha value is -0.830. The second-order valence-electron chi connectivity index (χ2n) is 7.54. The van der Waals surface area contributed by atoms with E-state index in [9.17, 15) is 5.11 Å². The van der Waals surface area contributed by atoms with Crippen LogP contribution in [-0.2, 0) is 7.05 Å². The fourth-order valence-electron chi connectivity index (χ4n) is 4.15. The van der Waals surface area contributed by atoms with E-state index in [0.717, 1.165) is 44.9 Å². The Morgan fingerprint density at radius 3 is 2.77 bits per heavy atom. The molecule has 2 aliphatic rings. The second kappa shape index (κ2) is 10.5. The Kier molecular flexibility index (Phi) is 8.66. The lowest BCUT2D eigenvalue weighted by Crippen LogP contribution is -2.41. The first-order valence-corrected chi connectivity index (χ1v) is 9.87. The summed E-state index contributed by atoms with van der Waals surface area (Å²) in [5.41, 5.74) is 1.31. The summed E-state index contributed by atoms with van der Waals surface area (Å²) in [6.07, 6.45) is 11.1. The fourth-order valence-corrected chi connectivity index (χ4v) is 4.15. The molecule has 148 valence electrons. The van der Waals surface area contributed by atoms with Crippen molar-refractivity contribution in [1.82, 2.24) is 20.0 Å². The minimum Gasteiger partial charge on any atom is -0.391 e. The Labute approximate surface area is 174 Å². The topological polar surface area (TPSA) is 65.7 Å². The Bertz CT molecular complexity index is 570. The number of nitrogens with one attached hydrogen (secondary N) is 1. The van der Waals surface area contributed by atoms with Gasteiger partial charge in [-0.2, -0.15) is 5.10 Å². The maximum absolute atomic E-state index is 10.5. The van der Waals surface area contributed by atoms with E-state index in [1.165, 1.54) is 24.8 Å². The van der Waals surface area contributed by atoms with Crippen LogP contribution in [0.4, 0.5) is 0 Å². The Balaban J connectivity index is 0.00000243. The van der Waals surface area contributed by atoms with E-state index in [1.807, 2.05) is 17.9 Å². The summed E-state index contributed by atoms with van der Waals surface area (Å²) in [6.45, 7) is 5.44. The van der Waals surface area contributed by atoms with E-state index in [1.54, 1.807) is 0 Å². The minimum absolute atomic E-state index is 0. The highest BCUT2D eigenvalue weighted by Crippen LogP contribution is 2.28. The van der Waals surface area contributed by atoms with Crippen LogP contribution in [0.15, 0.2) is 17.4 Å². The van der Waals surface area contributed by atoms with Crippen molar-refractivity contribution in [3.05, 3.63) is 18.0 Å². The van der Waals surface area contributed by atoms with Crippen molar-refractivity contribution in [3.63, 3.8) is 0 Å². The van der Waals surface area contributed by atoms with Crippen molar-refractivity contribution < 1.29 is 5.11 Å². The summed E-state index contributed by atoms with van der Waals surface area (Å²) in [6, 6.07) is 0. The molecular formula is C19H34IN5O. The number of nitrogens with zero attached hydrogens (tertiary/aromatic N) is 4. The largest absolute Gasteiger partial charge is 0.391 e. The van der Waals surface area contributed by atoms with Crippen LogP contribution in [0.2, 0.25) is 0 Å². The van der Waals surface area contributed by atoms with Crippen molar-refractivity contribution in [2.75, 3.05) is 26.2 Å². The highest BCUT2D eigenvalue weighted by molar-refractivity contribution is 14.0. The zero-order valence-electron chi connectivity index (χ0n) is 16.1. The number of aryl methyl sites for hydroxylation is 1. The van der Waals surface area contributed by atoms with Gasteiger partial charge in [0, 0.05) is 38.8 Å². The number of guanidine groups is 1. The predicted molar refractivity (Wildman–Crippen MR) is 116 cm³/mol. The third-order valence-electron chi connectivity index (χ3n) is 5.64. The van der Waals surface area contributed by atoms with Gasteiger partial charge < -0.3 is 15.3 Å². The summed E-state index contributed by atoms with van der Waals surface area (Å²) in [5.74, 6) is 1.90. The van der Waals surface area contributed by atoms with Crippen LogP contribution >= 0.6 is 24.0 Å². The van der Waals surface area contributed by atoms with Gasteiger partial charge in [-0.15, -0.1) is 24.0 Å². The average molecular weight is 475 g/mol. The molecule has 1 saturated carbocycles. The quantitative estimate of drug-likeness (QED) is 0.391. The van der Waals surface area contributed by atoms with E-state index in [2.05, 4.69) is 28.4 Å². The van der Waals surface area contributed by atoms with Crippen LogP contribution < -0.4 is 5.32 Å². The molecule has 0 aromatic carbocycles. The molecule has 2 unspecified atom stereocenters. The van der Waals surface area contributed by atoms with E-state index in [0.29, 0.717) is 18.4 Å². The molecule has 2 heterocycles. The van der Waals surface area contributed by atoms with Crippen molar-refractivity contribution in [3.8, 4) is 0 Å². The Morgan fingerprint density at radius 1 is 1.35 bits per heavy atom. The number of hydrogen-bond donors (Lipinski definition) is 2. The van der Waals surface area contributed by atoms with Gasteiger partial charge in [0.25, 0.3) is 0 Å². The number of likely N-dealkylation sites (tertiary alicyclic amines) is 1. The molecule has 2 N–H and O–H groups in total.